The molecule has 1 atom stereocenters. The van der Waals surface area contributed by atoms with E-state index in [0.29, 0.717) is 6.04 Å². The molecule has 3 rings (SSSR count). The zero-order chi connectivity index (χ0) is 18.6. The van der Waals surface area contributed by atoms with Crippen molar-refractivity contribution in [3.8, 4) is 0 Å². The van der Waals surface area contributed by atoms with Gasteiger partial charge in [0.25, 0.3) is 0 Å². The molecule has 2 aliphatic rings. The average molecular weight is 551 g/mol. The molecule has 1 unspecified atom stereocenters. The monoisotopic (exact) mass is 550 g/mol. The molecule has 0 spiro atoms. The summed E-state index contributed by atoms with van der Waals surface area (Å²) < 4.78 is 6.49. The van der Waals surface area contributed by atoms with Crippen molar-refractivity contribution in [2.45, 2.75) is 26.8 Å². The van der Waals surface area contributed by atoms with Gasteiger partial charge in [0, 0.05) is 48.7 Å². The zero-order valence-corrected chi connectivity index (χ0v) is 20.5. The van der Waals surface area contributed by atoms with Gasteiger partial charge >= 0.3 is 0 Å². The summed E-state index contributed by atoms with van der Waals surface area (Å²) in [5.41, 5.74) is 1.60. The SMILES string of the molecule is CCNC(=NCC1(C)COC1)N1CCN(C(C)c2ccc(Br)cc2)CC1.I. The molecule has 1 N–H and O–H groups in total. The minimum atomic E-state index is 0. The first kappa shape index (κ1) is 22.9. The Morgan fingerprint density at radius 2 is 1.85 bits per heavy atom. The van der Waals surface area contributed by atoms with Gasteiger partial charge in [0.15, 0.2) is 5.96 Å². The normalized spacial score (nSPS) is 21.2. The van der Waals surface area contributed by atoms with Gasteiger partial charge in [-0.05, 0) is 31.5 Å². The van der Waals surface area contributed by atoms with Crippen LogP contribution in [-0.2, 0) is 4.74 Å². The van der Waals surface area contributed by atoms with Crippen LogP contribution in [0.3, 0.4) is 0 Å². The molecule has 5 nitrogen and oxygen atoms in total. The van der Waals surface area contributed by atoms with Gasteiger partial charge in [-0.25, -0.2) is 0 Å². The van der Waals surface area contributed by atoms with E-state index in [4.69, 9.17) is 9.73 Å². The Morgan fingerprint density at radius 3 is 2.37 bits per heavy atom. The molecular formula is C20H32BrIN4O. The van der Waals surface area contributed by atoms with Crippen LogP contribution in [-0.4, -0.2) is 68.2 Å². The van der Waals surface area contributed by atoms with E-state index in [1.807, 2.05) is 0 Å². The summed E-state index contributed by atoms with van der Waals surface area (Å²) in [5, 5.41) is 3.47. The highest BCUT2D eigenvalue weighted by Crippen LogP contribution is 2.27. The van der Waals surface area contributed by atoms with E-state index in [2.05, 4.69) is 76.1 Å². The summed E-state index contributed by atoms with van der Waals surface area (Å²) in [4.78, 5) is 9.86. The molecule has 0 saturated carbocycles. The highest BCUT2D eigenvalue weighted by atomic mass is 127. The summed E-state index contributed by atoms with van der Waals surface area (Å²) in [6, 6.07) is 9.13. The molecule has 27 heavy (non-hydrogen) atoms. The maximum atomic E-state index is 5.35. The summed E-state index contributed by atoms with van der Waals surface area (Å²) in [5.74, 6) is 1.05. The molecular weight excluding hydrogens is 519 g/mol. The first-order valence-electron chi connectivity index (χ1n) is 9.61. The van der Waals surface area contributed by atoms with Crippen molar-refractivity contribution in [1.29, 1.82) is 0 Å². The highest BCUT2D eigenvalue weighted by Gasteiger charge is 2.33. The van der Waals surface area contributed by atoms with Crippen LogP contribution < -0.4 is 5.32 Å². The Kier molecular flexibility index (Phi) is 8.83. The third kappa shape index (κ3) is 6.05. The van der Waals surface area contributed by atoms with E-state index in [1.54, 1.807) is 0 Å². The van der Waals surface area contributed by atoms with E-state index in [9.17, 15) is 0 Å². The minimum Gasteiger partial charge on any atom is -0.380 e. The summed E-state index contributed by atoms with van der Waals surface area (Å²) in [7, 11) is 0. The lowest BCUT2D eigenvalue weighted by Gasteiger charge is -2.40. The molecule has 1 aromatic carbocycles. The first-order chi connectivity index (χ1) is 12.5. The lowest BCUT2D eigenvalue weighted by Crippen LogP contribution is -2.53. The Labute approximate surface area is 189 Å². The molecule has 2 fully saturated rings. The zero-order valence-electron chi connectivity index (χ0n) is 16.6. The second-order valence-corrected chi connectivity index (χ2v) is 8.64. The molecule has 0 radical (unpaired) electrons. The predicted molar refractivity (Wildman–Crippen MR) is 126 cm³/mol. The van der Waals surface area contributed by atoms with Crippen molar-refractivity contribution in [2.75, 3.05) is 52.5 Å². The number of rotatable bonds is 5. The van der Waals surface area contributed by atoms with Crippen molar-refractivity contribution in [3.05, 3.63) is 34.3 Å². The Hall–Kier alpha value is -0.380. The highest BCUT2D eigenvalue weighted by molar-refractivity contribution is 14.0. The van der Waals surface area contributed by atoms with Crippen molar-refractivity contribution < 1.29 is 4.74 Å². The van der Waals surface area contributed by atoms with Gasteiger partial charge in [-0.15, -0.1) is 24.0 Å². The van der Waals surface area contributed by atoms with Crippen molar-refractivity contribution in [2.24, 2.45) is 10.4 Å². The van der Waals surface area contributed by atoms with Gasteiger partial charge in [-0.3, -0.25) is 9.89 Å². The fraction of sp³-hybridized carbons (Fsp3) is 0.650. The molecule has 2 saturated heterocycles. The predicted octanol–water partition coefficient (Wildman–Crippen LogP) is 3.75. The van der Waals surface area contributed by atoms with Crippen LogP contribution in [0.5, 0.6) is 0 Å². The molecule has 0 amide bonds. The van der Waals surface area contributed by atoms with Crippen LogP contribution in [0.25, 0.3) is 0 Å². The lowest BCUT2D eigenvalue weighted by atomic mass is 9.89. The number of nitrogens with zero attached hydrogens (tertiary/aromatic N) is 3. The van der Waals surface area contributed by atoms with E-state index in [-0.39, 0.29) is 29.4 Å². The van der Waals surface area contributed by atoms with E-state index in [1.165, 1.54) is 5.56 Å². The summed E-state index contributed by atoms with van der Waals surface area (Å²) in [6.07, 6.45) is 0. The Balaban J connectivity index is 0.00000261. The van der Waals surface area contributed by atoms with Crippen LogP contribution in [0.4, 0.5) is 0 Å². The number of benzene rings is 1. The number of guanidine groups is 1. The number of piperazine rings is 1. The summed E-state index contributed by atoms with van der Waals surface area (Å²) in [6.45, 7) is 14.2. The van der Waals surface area contributed by atoms with Gasteiger partial charge in [0.05, 0.1) is 19.8 Å². The Bertz CT molecular complexity index is 613. The fourth-order valence-corrected chi connectivity index (χ4v) is 3.77. The number of aliphatic imine (C=N–C) groups is 1. The molecule has 0 aliphatic carbocycles. The van der Waals surface area contributed by atoms with Crippen molar-refractivity contribution in [3.63, 3.8) is 0 Å². The van der Waals surface area contributed by atoms with Gasteiger partial charge in [0.2, 0.25) is 0 Å². The second kappa shape index (κ2) is 10.4. The quantitative estimate of drug-likeness (QED) is 0.344. The molecule has 1 aromatic rings. The maximum Gasteiger partial charge on any atom is 0.194 e. The van der Waals surface area contributed by atoms with E-state index in [0.717, 1.165) is 62.9 Å². The van der Waals surface area contributed by atoms with E-state index < -0.39 is 0 Å². The van der Waals surface area contributed by atoms with Crippen LogP contribution in [0.15, 0.2) is 33.7 Å². The number of hydrogen-bond donors (Lipinski definition) is 1. The van der Waals surface area contributed by atoms with Gasteiger partial charge in [-0.1, -0.05) is 35.0 Å². The van der Waals surface area contributed by atoms with Crippen molar-refractivity contribution in [1.82, 2.24) is 15.1 Å². The topological polar surface area (TPSA) is 40.1 Å². The molecule has 0 aromatic heterocycles. The maximum absolute atomic E-state index is 5.35. The van der Waals surface area contributed by atoms with Crippen LogP contribution >= 0.6 is 39.9 Å². The van der Waals surface area contributed by atoms with Crippen LogP contribution in [0, 0.1) is 5.41 Å². The molecule has 152 valence electrons. The lowest BCUT2D eigenvalue weighted by molar-refractivity contribution is -0.0946. The third-order valence-corrected chi connectivity index (χ3v) is 5.89. The number of halogens is 2. The number of ether oxygens (including phenoxy) is 1. The van der Waals surface area contributed by atoms with Gasteiger partial charge in [0.1, 0.15) is 0 Å². The first-order valence-corrected chi connectivity index (χ1v) is 10.4. The molecule has 0 bridgehead atoms. The second-order valence-electron chi connectivity index (χ2n) is 7.72. The van der Waals surface area contributed by atoms with Crippen LogP contribution in [0.1, 0.15) is 32.4 Å². The molecule has 2 heterocycles. The standard InChI is InChI=1S/C20H31BrN4O.HI/c1-4-22-19(23-13-20(3)14-26-15-20)25-11-9-24(10-12-25)16(2)17-5-7-18(21)8-6-17;/h5-8,16H,4,9-15H2,1-3H3,(H,22,23);1H. The fourth-order valence-electron chi connectivity index (χ4n) is 3.51. The number of nitrogens with one attached hydrogen (secondary N) is 1. The largest absolute Gasteiger partial charge is 0.380 e. The number of hydrogen-bond acceptors (Lipinski definition) is 3. The van der Waals surface area contributed by atoms with Gasteiger partial charge in [-0.2, -0.15) is 0 Å². The minimum absolute atomic E-state index is 0. The molecule has 7 heteroatoms. The third-order valence-electron chi connectivity index (χ3n) is 5.36. The van der Waals surface area contributed by atoms with Crippen LogP contribution in [0.2, 0.25) is 0 Å². The summed E-state index contributed by atoms with van der Waals surface area (Å²) >= 11 is 3.52. The van der Waals surface area contributed by atoms with E-state index >= 15 is 0 Å². The smallest absolute Gasteiger partial charge is 0.194 e. The van der Waals surface area contributed by atoms with Gasteiger partial charge < -0.3 is 15.0 Å². The molecule has 2 aliphatic heterocycles. The average Bonchev–Trinajstić information content (AvgIpc) is 2.64. The Morgan fingerprint density at radius 1 is 1.22 bits per heavy atom. The van der Waals surface area contributed by atoms with Crippen molar-refractivity contribution >= 4 is 45.9 Å².